The van der Waals surface area contributed by atoms with Crippen LogP contribution in [0.25, 0.3) is 0 Å². The molecule has 2 rings (SSSR count). The highest BCUT2D eigenvalue weighted by molar-refractivity contribution is 5.90. The molecule has 19 heavy (non-hydrogen) atoms. The van der Waals surface area contributed by atoms with Gasteiger partial charge in [-0.1, -0.05) is 0 Å². The highest BCUT2D eigenvalue weighted by Gasteiger charge is 2.17. The van der Waals surface area contributed by atoms with Crippen LogP contribution in [0.4, 0.5) is 14.5 Å². The van der Waals surface area contributed by atoms with Gasteiger partial charge in [0.15, 0.2) is 0 Å². The van der Waals surface area contributed by atoms with Gasteiger partial charge in [-0.2, -0.15) is 0 Å². The normalized spacial score (nSPS) is 15.7. The van der Waals surface area contributed by atoms with Gasteiger partial charge in [0.25, 0.3) is 0 Å². The Morgan fingerprint density at radius 3 is 2.63 bits per heavy atom. The molecule has 1 aromatic carbocycles. The summed E-state index contributed by atoms with van der Waals surface area (Å²) in [7, 11) is 0. The van der Waals surface area contributed by atoms with Crippen molar-refractivity contribution in [3.8, 4) is 0 Å². The Kier molecular flexibility index (Phi) is 4.31. The molecule has 0 unspecified atom stereocenters. The molecule has 0 spiro atoms. The van der Waals surface area contributed by atoms with Gasteiger partial charge in [-0.15, -0.1) is 0 Å². The van der Waals surface area contributed by atoms with Crippen molar-refractivity contribution < 1.29 is 18.3 Å². The van der Waals surface area contributed by atoms with Crippen molar-refractivity contribution in [2.24, 2.45) is 0 Å². The van der Waals surface area contributed by atoms with Crippen molar-refractivity contribution in [2.75, 3.05) is 32.0 Å². The lowest BCUT2D eigenvalue weighted by Gasteiger charge is -2.14. The third kappa shape index (κ3) is 3.41. The summed E-state index contributed by atoms with van der Waals surface area (Å²) in [6.07, 6.45) is 2.29. The summed E-state index contributed by atoms with van der Waals surface area (Å²) in [6, 6.07) is 1.55. The molecule has 0 aliphatic carbocycles. The fourth-order valence-electron chi connectivity index (χ4n) is 2.07. The number of hydrogen-bond donors (Lipinski definition) is 1. The van der Waals surface area contributed by atoms with E-state index in [2.05, 4.69) is 4.90 Å². The molecule has 0 bridgehead atoms. The van der Waals surface area contributed by atoms with E-state index in [0.717, 1.165) is 38.1 Å². The van der Waals surface area contributed by atoms with E-state index in [4.69, 9.17) is 10.5 Å². The first kappa shape index (κ1) is 13.7. The number of carbonyl (C=O) groups is 1. The van der Waals surface area contributed by atoms with E-state index < -0.39 is 23.2 Å². The minimum Gasteiger partial charge on any atom is -0.461 e. The van der Waals surface area contributed by atoms with Crippen molar-refractivity contribution >= 4 is 11.7 Å². The average molecular weight is 270 g/mol. The fourth-order valence-corrected chi connectivity index (χ4v) is 2.07. The summed E-state index contributed by atoms with van der Waals surface area (Å²) in [5.41, 5.74) is 4.45. The van der Waals surface area contributed by atoms with E-state index in [1.807, 2.05) is 0 Å². The molecule has 1 aliphatic heterocycles. The largest absolute Gasteiger partial charge is 0.461 e. The zero-order chi connectivity index (χ0) is 13.8. The number of hydrogen-bond acceptors (Lipinski definition) is 4. The quantitative estimate of drug-likeness (QED) is 0.669. The number of rotatable bonds is 4. The zero-order valence-corrected chi connectivity index (χ0v) is 10.5. The van der Waals surface area contributed by atoms with Gasteiger partial charge in [0, 0.05) is 12.6 Å². The first-order chi connectivity index (χ1) is 9.08. The van der Waals surface area contributed by atoms with Crippen LogP contribution in [0, 0.1) is 11.6 Å². The van der Waals surface area contributed by atoms with Crippen molar-refractivity contribution in [3.05, 3.63) is 29.3 Å². The van der Waals surface area contributed by atoms with E-state index >= 15 is 0 Å². The maximum atomic E-state index is 13.5. The molecule has 1 fully saturated rings. The molecule has 0 radical (unpaired) electrons. The average Bonchev–Trinajstić information content (AvgIpc) is 2.86. The van der Waals surface area contributed by atoms with E-state index in [9.17, 15) is 13.6 Å². The lowest BCUT2D eigenvalue weighted by molar-refractivity contribution is 0.0466. The number of likely N-dealkylation sites (tertiary alicyclic amines) is 1. The van der Waals surface area contributed by atoms with Gasteiger partial charge in [-0.05, 0) is 32.0 Å². The van der Waals surface area contributed by atoms with Gasteiger partial charge in [0.1, 0.15) is 18.2 Å². The van der Waals surface area contributed by atoms with Gasteiger partial charge in [0.2, 0.25) is 0 Å². The Morgan fingerprint density at radius 1 is 1.26 bits per heavy atom. The summed E-state index contributed by atoms with van der Waals surface area (Å²) >= 11 is 0. The smallest absolute Gasteiger partial charge is 0.341 e. The van der Waals surface area contributed by atoms with E-state index in [1.165, 1.54) is 0 Å². The number of benzene rings is 1. The number of nitrogens with two attached hydrogens (primary N) is 1. The Bertz CT molecular complexity index is 474. The highest BCUT2D eigenvalue weighted by atomic mass is 19.1. The summed E-state index contributed by atoms with van der Waals surface area (Å²) in [5, 5.41) is 0. The van der Waals surface area contributed by atoms with Gasteiger partial charge >= 0.3 is 5.97 Å². The molecule has 0 atom stereocenters. The van der Waals surface area contributed by atoms with Gasteiger partial charge < -0.3 is 10.5 Å². The van der Waals surface area contributed by atoms with Crippen LogP contribution < -0.4 is 5.73 Å². The van der Waals surface area contributed by atoms with Crippen molar-refractivity contribution in [1.82, 2.24) is 4.90 Å². The summed E-state index contributed by atoms with van der Waals surface area (Å²) in [4.78, 5) is 13.8. The van der Waals surface area contributed by atoms with Crippen molar-refractivity contribution in [1.29, 1.82) is 0 Å². The Morgan fingerprint density at radius 2 is 1.95 bits per heavy atom. The summed E-state index contributed by atoms with van der Waals surface area (Å²) < 4.78 is 31.6. The van der Waals surface area contributed by atoms with Crippen LogP contribution in [0.15, 0.2) is 12.1 Å². The molecular formula is C13H16F2N2O2. The second-order valence-corrected chi connectivity index (χ2v) is 4.54. The number of esters is 1. The summed E-state index contributed by atoms with van der Waals surface area (Å²) in [5.74, 6) is -2.56. The lowest BCUT2D eigenvalue weighted by atomic mass is 10.2. The molecule has 0 amide bonds. The van der Waals surface area contributed by atoms with Crippen LogP contribution in [0.2, 0.25) is 0 Å². The third-order valence-electron chi connectivity index (χ3n) is 3.15. The molecule has 0 saturated carbocycles. The van der Waals surface area contributed by atoms with Crippen LogP contribution in [-0.2, 0) is 4.74 Å². The second kappa shape index (κ2) is 5.97. The second-order valence-electron chi connectivity index (χ2n) is 4.54. The first-order valence-electron chi connectivity index (χ1n) is 6.22. The minimum absolute atomic E-state index is 0.171. The van der Waals surface area contributed by atoms with Crippen LogP contribution in [-0.4, -0.2) is 37.1 Å². The molecule has 1 heterocycles. The Hall–Kier alpha value is -1.69. The summed E-state index contributed by atoms with van der Waals surface area (Å²) in [6.45, 7) is 2.76. The molecule has 0 aromatic heterocycles. The molecule has 1 aliphatic rings. The molecule has 4 nitrogen and oxygen atoms in total. The minimum atomic E-state index is -0.870. The molecule has 104 valence electrons. The molecule has 1 aromatic rings. The van der Waals surface area contributed by atoms with Crippen LogP contribution >= 0.6 is 0 Å². The van der Waals surface area contributed by atoms with E-state index in [-0.39, 0.29) is 12.3 Å². The molecular weight excluding hydrogens is 254 g/mol. The molecule has 2 N–H and O–H groups in total. The number of carbonyl (C=O) groups excluding carboxylic acids is 1. The van der Waals surface area contributed by atoms with E-state index in [0.29, 0.717) is 6.54 Å². The standard InChI is InChI=1S/C13H16F2N2O2/c14-10-8-12(16)11(15)7-9(10)13(18)19-6-5-17-3-1-2-4-17/h7-8H,1-6,16H2. The SMILES string of the molecule is Nc1cc(F)c(C(=O)OCCN2CCCC2)cc1F. The predicted molar refractivity (Wildman–Crippen MR) is 66.7 cm³/mol. The number of halogens is 2. The molecule has 6 heteroatoms. The monoisotopic (exact) mass is 270 g/mol. The first-order valence-corrected chi connectivity index (χ1v) is 6.22. The molecule has 1 saturated heterocycles. The number of anilines is 1. The third-order valence-corrected chi connectivity index (χ3v) is 3.15. The van der Waals surface area contributed by atoms with Crippen molar-refractivity contribution in [3.63, 3.8) is 0 Å². The maximum Gasteiger partial charge on any atom is 0.341 e. The zero-order valence-electron chi connectivity index (χ0n) is 10.5. The van der Waals surface area contributed by atoms with Gasteiger partial charge in [-0.25, -0.2) is 13.6 Å². The fraction of sp³-hybridized carbons (Fsp3) is 0.462. The number of nitrogen functional groups attached to an aromatic ring is 1. The Balaban J connectivity index is 1.90. The van der Waals surface area contributed by atoms with Crippen LogP contribution in [0.3, 0.4) is 0 Å². The highest BCUT2D eigenvalue weighted by Crippen LogP contribution is 2.17. The van der Waals surface area contributed by atoms with Crippen molar-refractivity contribution in [2.45, 2.75) is 12.8 Å². The number of nitrogens with zero attached hydrogens (tertiary/aromatic N) is 1. The van der Waals surface area contributed by atoms with Gasteiger partial charge in [0.05, 0.1) is 11.3 Å². The van der Waals surface area contributed by atoms with E-state index in [1.54, 1.807) is 0 Å². The lowest BCUT2D eigenvalue weighted by Crippen LogP contribution is -2.25. The van der Waals surface area contributed by atoms with Gasteiger partial charge in [-0.3, -0.25) is 4.90 Å². The van der Waals surface area contributed by atoms with Crippen LogP contribution in [0.1, 0.15) is 23.2 Å². The Labute approximate surface area is 110 Å². The maximum absolute atomic E-state index is 13.5. The predicted octanol–water partition coefficient (Wildman–Crippen LogP) is 1.80. The number of ether oxygens (including phenoxy) is 1. The topological polar surface area (TPSA) is 55.6 Å². The van der Waals surface area contributed by atoms with Crippen LogP contribution in [0.5, 0.6) is 0 Å².